The highest BCUT2D eigenvalue weighted by Gasteiger charge is 2.15. The molecule has 0 radical (unpaired) electrons. The predicted octanol–water partition coefficient (Wildman–Crippen LogP) is 3.87. The molecule has 0 aromatic heterocycles. The number of ether oxygens (including phenoxy) is 1. The van der Waals surface area contributed by atoms with Crippen molar-refractivity contribution in [1.82, 2.24) is 4.90 Å². The third-order valence-electron chi connectivity index (χ3n) is 3.54. The van der Waals surface area contributed by atoms with Gasteiger partial charge in [-0.1, -0.05) is 22.9 Å². The Morgan fingerprint density at radius 2 is 2.28 bits per heavy atom. The van der Waals surface area contributed by atoms with Gasteiger partial charge in [0.25, 0.3) is 0 Å². The third-order valence-corrected chi connectivity index (χ3v) is 4.04. The van der Waals surface area contributed by atoms with E-state index in [4.69, 9.17) is 4.74 Å². The molecule has 1 aliphatic rings. The zero-order valence-electron chi connectivity index (χ0n) is 11.3. The maximum Gasteiger partial charge on any atom is 0.122 e. The van der Waals surface area contributed by atoms with Crippen molar-refractivity contribution in [3.8, 4) is 5.75 Å². The lowest BCUT2D eigenvalue weighted by Gasteiger charge is -2.30. The second-order valence-corrected chi connectivity index (χ2v) is 6.22. The van der Waals surface area contributed by atoms with Crippen LogP contribution in [0.2, 0.25) is 0 Å². The summed E-state index contributed by atoms with van der Waals surface area (Å²) < 4.78 is 6.98. The van der Waals surface area contributed by atoms with Crippen molar-refractivity contribution in [2.75, 3.05) is 26.2 Å². The van der Waals surface area contributed by atoms with Crippen LogP contribution < -0.4 is 4.74 Å². The van der Waals surface area contributed by atoms with Crippen LogP contribution >= 0.6 is 15.9 Å². The average molecular weight is 312 g/mol. The topological polar surface area (TPSA) is 12.5 Å². The molecule has 1 aliphatic heterocycles. The number of piperidine rings is 1. The van der Waals surface area contributed by atoms with Gasteiger partial charge in [-0.3, -0.25) is 4.90 Å². The van der Waals surface area contributed by atoms with Crippen molar-refractivity contribution in [3.63, 3.8) is 0 Å². The maximum atomic E-state index is 5.87. The molecule has 1 atom stereocenters. The van der Waals surface area contributed by atoms with E-state index in [0.717, 1.165) is 29.3 Å². The first-order valence-corrected chi connectivity index (χ1v) is 7.56. The minimum atomic E-state index is 0.787. The SMILES string of the molecule is Cc1cc(Br)ccc1OCCN1CCC[C@@H](C)C1. The molecule has 3 heteroatoms. The van der Waals surface area contributed by atoms with Gasteiger partial charge in [-0.25, -0.2) is 0 Å². The second kappa shape index (κ2) is 6.58. The molecule has 0 N–H and O–H groups in total. The lowest BCUT2D eigenvalue weighted by Crippen LogP contribution is -2.37. The second-order valence-electron chi connectivity index (χ2n) is 5.31. The van der Waals surface area contributed by atoms with Gasteiger partial charge < -0.3 is 4.74 Å². The van der Waals surface area contributed by atoms with Gasteiger partial charge in [-0.05, 0) is 56.0 Å². The molecule has 1 aromatic rings. The van der Waals surface area contributed by atoms with Gasteiger partial charge in [0.05, 0.1) is 0 Å². The van der Waals surface area contributed by atoms with Crippen LogP contribution in [0.1, 0.15) is 25.3 Å². The number of aryl methyl sites for hydroxylation is 1. The highest BCUT2D eigenvalue weighted by atomic mass is 79.9. The summed E-state index contributed by atoms with van der Waals surface area (Å²) in [6.45, 7) is 8.71. The zero-order valence-corrected chi connectivity index (χ0v) is 12.9. The summed E-state index contributed by atoms with van der Waals surface area (Å²) >= 11 is 3.47. The van der Waals surface area contributed by atoms with E-state index in [9.17, 15) is 0 Å². The molecule has 0 amide bonds. The molecule has 0 spiro atoms. The van der Waals surface area contributed by atoms with E-state index < -0.39 is 0 Å². The van der Waals surface area contributed by atoms with Crippen molar-refractivity contribution < 1.29 is 4.74 Å². The van der Waals surface area contributed by atoms with Gasteiger partial charge in [0, 0.05) is 17.6 Å². The molecule has 0 aliphatic carbocycles. The average Bonchev–Trinajstić information content (AvgIpc) is 2.32. The molecule has 0 unspecified atom stereocenters. The largest absolute Gasteiger partial charge is 0.492 e. The van der Waals surface area contributed by atoms with Gasteiger partial charge in [-0.2, -0.15) is 0 Å². The first-order valence-electron chi connectivity index (χ1n) is 6.76. The summed E-state index contributed by atoms with van der Waals surface area (Å²) in [7, 11) is 0. The third kappa shape index (κ3) is 3.99. The van der Waals surface area contributed by atoms with Crippen LogP contribution in [-0.2, 0) is 0 Å². The minimum Gasteiger partial charge on any atom is -0.492 e. The van der Waals surface area contributed by atoms with Gasteiger partial charge in [0.1, 0.15) is 12.4 Å². The van der Waals surface area contributed by atoms with E-state index in [2.05, 4.69) is 40.7 Å². The summed E-state index contributed by atoms with van der Waals surface area (Å²) in [6.07, 6.45) is 2.71. The Bertz CT molecular complexity index is 394. The van der Waals surface area contributed by atoms with Crippen LogP contribution in [0.4, 0.5) is 0 Å². The van der Waals surface area contributed by atoms with Gasteiger partial charge in [-0.15, -0.1) is 0 Å². The normalized spacial score (nSPS) is 20.9. The summed E-state index contributed by atoms with van der Waals surface area (Å²) in [5.41, 5.74) is 1.19. The van der Waals surface area contributed by atoms with Crippen LogP contribution in [0.25, 0.3) is 0 Å². The predicted molar refractivity (Wildman–Crippen MR) is 79.2 cm³/mol. The molecular weight excluding hydrogens is 290 g/mol. The van der Waals surface area contributed by atoms with E-state index in [1.165, 1.54) is 31.5 Å². The summed E-state index contributed by atoms with van der Waals surface area (Å²) in [6, 6.07) is 6.17. The molecule has 1 saturated heterocycles. The van der Waals surface area contributed by atoms with Crippen molar-refractivity contribution >= 4 is 15.9 Å². The van der Waals surface area contributed by atoms with E-state index in [0.29, 0.717) is 0 Å². The fraction of sp³-hybridized carbons (Fsp3) is 0.600. The van der Waals surface area contributed by atoms with E-state index >= 15 is 0 Å². The molecule has 1 fully saturated rings. The first kappa shape index (κ1) is 13.9. The number of rotatable bonds is 4. The Morgan fingerprint density at radius 3 is 3.00 bits per heavy atom. The van der Waals surface area contributed by atoms with Gasteiger partial charge >= 0.3 is 0 Å². The summed E-state index contributed by atoms with van der Waals surface area (Å²) in [5, 5.41) is 0. The lowest BCUT2D eigenvalue weighted by molar-refractivity contribution is 0.153. The number of hydrogen-bond acceptors (Lipinski definition) is 2. The molecule has 1 aromatic carbocycles. The summed E-state index contributed by atoms with van der Waals surface area (Å²) in [5.74, 6) is 1.84. The van der Waals surface area contributed by atoms with Crippen LogP contribution in [0, 0.1) is 12.8 Å². The van der Waals surface area contributed by atoms with E-state index in [1.807, 2.05) is 12.1 Å². The molecule has 0 saturated carbocycles. The number of likely N-dealkylation sites (tertiary alicyclic amines) is 1. The molecule has 0 bridgehead atoms. The van der Waals surface area contributed by atoms with Gasteiger partial charge in [0.15, 0.2) is 0 Å². The van der Waals surface area contributed by atoms with E-state index in [1.54, 1.807) is 0 Å². The molecule has 2 rings (SSSR count). The van der Waals surface area contributed by atoms with E-state index in [-0.39, 0.29) is 0 Å². The van der Waals surface area contributed by atoms with Crippen molar-refractivity contribution in [2.24, 2.45) is 5.92 Å². The van der Waals surface area contributed by atoms with Crippen LogP contribution in [-0.4, -0.2) is 31.1 Å². The summed E-state index contributed by atoms with van der Waals surface area (Å²) in [4.78, 5) is 2.52. The van der Waals surface area contributed by atoms with Crippen LogP contribution in [0.5, 0.6) is 5.75 Å². The highest BCUT2D eigenvalue weighted by molar-refractivity contribution is 9.10. The molecule has 2 nitrogen and oxygen atoms in total. The maximum absolute atomic E-state index is 5.87. The number of halogens is 1. The monoisotopic (exact) mass is 311 g/mol. The fourth-order valence-electron chi connectivity index (χ4n) is 2.55. The lowest BCUT2D eigenvalue weighted by atomic mass is 10.0. The highest BCUT2D eigenvalue weighted by Crippen LogP contribution is 2.22. The zero-order chi connectivity index (χ0) is 13.0. The molecule has 18 heavy (non-hydrogen) atoms. The molecule has 100 valence electrons. The van der Waals surface area contributed by atoms with Crippen molar-refractivity contribution in [3.05, 3.63) is 28.2 Å². The standard InChI is InChI=1S/C15H22BrNO/c1-12-4-3-7-17(11-12)8-9-18-15-6-5-14(16)10-13(15)2/h5-6,10,12H,3-4,7-9,11H2,1-2H3/t12-/m1/s1. The quantitative estimate of drug-likeness (QED) is 0.837. The Hall–Kier alpha value is -0.540. The van der Waals surface area contributed by atoms with Gasteiger partial charge in [0.2, 0.25) is 0 Å². The minimum absolute atomic E-state index is 0.787. The smallest absolute Gasteiger partial charge is 0.122 e. The fourth-order valence-corrected chi connectivity index (χ4v) is 3.02. The Labute approximate surface area is 118 Å². The number of benzene rings is 1. The molecular formula is C15H22BrNO. The first-order chi connectivity index (χ1) is 8.65. The number of nitrogens with zero attached hydrogens (tertiary/aromatic N) is 1. The van der Waals surface area contributed by atoms with Crippen molar-refractivity contribution in [2.45, 2.75) is 26.7 Å². The Balaban J connectivity index is 1.77. The van der Waals surface area contributed by atoms with Crippen LogP contribution in [0.15, 0.2) is 22.7 Å². The van der Waals surface area contributed by atoms with Crippen molar-refractivity contribution in [1.29, 1.82) is 0 Å². The number of hydrogen-bond donors (Lipinski definition) is 0. The molecule has 1 heterocycles. The Kier molecular flexibility index (Phi) is 5.07. The Morgan fingerprint density at radius 1 is 1.44 bits per heavy atom. The van der Waals surface area contributed by atoms with Crippen LogP contribution in [0.3, 0.4) is 0 Å².